The van der Waals surface area contributed by atoms with Gasteiger partial charge in [-0.25, -0.2) is 21.6 Å². The van der Waals surface area contributed by atoms with Gasteiger partial charge in [0, 0.05) is 12.8 Å². The minimum absolute atomic E-state index is 0.0896. The molecular formula is C12H20N2O4S2. The van der Waals surface area contributed by atoms with Crippen LogP contribution in [0.3, 0.4) is 0 Å². The van der Waals surface area contributed by atoms with Crippen molar-refractivity contribution in [2.45, 2.75) is 23.5 Å². The molecule has 0 unspecified atom stereocenters. The van der Waals surface area contributed by atoms with Crippen LogP contribution in [0.2, 0.25) is 0 Å². The average Bonchev–Trinajstić information content (AvgIpc) is 2.35. The van der Waals surface area contributed by atoms with Crippen molar-refractivity contribution in [3.05, 3.63) is 24.3 Å². The van der Waals surface area contributed by atoms with Crippen LogP contribution < -0.4 is 10.0 Å². The van der Waals surface area contributed by atoms with Crippen LogP contribution in [-0.4, -0.2) is 41.4 Å². The second-order valence-corrected chi connectivity index (χ2v) is 9.59. The Kier molecular flexibility index (Phi) is 4.83. The Morgan fingerprint density at radius 3 is 2.15 bits per heavy atom. The van der Waals surface area contributed by atoms with E-state index in [4.69, 9.17) is 0 Å². The fourth-order valence-electron chi connectivity index (χ4n) is 1.40. The number of hydrogen-bond acceptors (Lipinski definition) is 5. The number of sulfone groups is 1. The minimum Gasteiger partial charge on any atom is -0.382 e. The first-order chi connectivity index (χ1) is 9.01. The van der Waals surface area contributed by atoms with E-state index in [1.165, 1.54) is 13.1 Å². The normalized spacial score (nSPS) is 13.2. The van der Waals surface area contributed by atoms with Crippen LogP contribution in [0.1, 0.15) is 13.8 Å². The Balaban J connectivity index is 3.08. The van der Waals surface area contributed by atoms with Gasteiger partial charge in [0.1, 0.15) is 4.90 Å². The van der Waals surface area contributed by atoms with Crippen LogP contribution in [0.15, 0.2) is 29.2 Å². The second kappa shape index (κ2) is 5.71. The summed E-state index contributed by atoms with van der Waals surface area (Å²) in [6.45, 7) is 3.29. The van der Waals surface area contributed by atoms with E-state index in [1.807, 2.05) is 0 Å². The van der Waals surface area contributed by atoms with Gasteiger partial charge in [-0.3, -0.25) is 0 Å². The molecule has 0 aliphatic carbocycles. The lowest BCUT2D eigenvalue weighted by Crippen LogP contribution is -2.38. The maximum Gasteiger partial charge on any atom is 0.242 e. The monoisotopic (exact) mass is 320 g/mol. The molecule has 20 heavy (non-hydrogen) atoms. The topological polar surface area (TPSA) is 92.3 Å². The van der Waals surface area contributed by atoms with E-state index < -0.39 is 24.6 Å². The maximum atomic E-state index is 11.9. The van der Waals surface area contributed by atoms with Gasteiger partial charge in [0.2, 0.25) is 10.0 Å². The van der Waals surface area contributed by atoms with Crippen LogP contribution >= 0.6 is 0 Å². The Morgan fingerprint density at radius 1 is 1.10 bits per heavy atom. The molecule has 0 aliphatic heterocycles. The van der Waals surface area contributed by atoms with Gasteiger partial charge in [-0.15, -0.1) is 0 Å². The number of anilines is 1. The highest BCUT2D eigenvalue weighted by molar-refractivity contribution is 7.92. The molecule has 0 amide bonds. The van der Waals surface area contributed by atoms with Gasteiger partial charge in [-0.1, -0.05) is 12.1 Å². The molecule has 0 spiro atoms. The van der Waals surface area contributed by atoms with Gasteiger partial charge in [0.05, 0.1) is 10.4 Å². The molecule has 0 radical (unpaired) electrons. The van der Waals surface area contributed by atoms with Gasteiger partial charge in [0.15, 0.2) is 9.84 Å². The molecule has 1 aromatic carbocycles. The highest BCUT2D eigenvalue weighted by atomic mass is 32.2. The summed E-state index contributed by atoms with van der Waals surface area (Å²) < 4.78 is 48.3. The maximum absolute atomic E-state index is 11.9. The summed E-state index contributed by atoms with van der Waals surface area (Å²) in [5.41, 5.74) is 0.374. The lowest BCUT2D eigenvalue weighted by Gasteiger charge is -2.24. The first-order valence-corrected chi connectivity index (χ1v) is 9.35. The minimum atomic E-state index is -3.59. The van der Waals surface area contributed by atoms with Crippen molar-refractivity contribution in [3.63, 3.8) is 0 Å². The van der Waals surface area contributed by atoms with E-state index >= 15 is 0 Å². The van der Waals surface area contributed by atoms with E-state index in [1.54, 1.807) is 32.0 Å². The van der Waals surface area contributed by atoms with Crippen LogP contribution in [0.5, 0.6) is 0 Å². The summed E-state index contributed by atoms with van der Waals surface area (Å²) in [5, 5.41) is 2.90. The van der Waals surface area contributed by atoms with E-state index in [9.17, 15) is 16.8 Å². The molecule has 0 atom stereocenters. The van der Waals surface area contributed by atoms with Crippen LogP contribution in [0.25, 0.3) is 0 Å². The van der Waals surface area contributed by atoms with Crippen molar-refractivity contribution >= 4 is 25.5 Å². The number of para-hydroxylation sites is 1. The first kappa shape index (κ1) is 16.9. The molecule has 0 heterocycles. The van der Waals surface area contributed by atoms with Crippen molar-refractivity contribution in [3.8, 4) is 0 Å². The average molecular weight is 320 g/mol. The molecule has 0 bridgehead atoms. The summed E-state index contributed by atoms with van der Waals surface area (Å²) in [4.78, 5) is 0.0896. The quantitative estimate of drug-likeness (QED) is 0.810. The largest absolute Gasteiger partial charge is 0.382 e. The molecule has 114 valence electrons. The summed E-state index contributed by atoms with van der Waals surface area (Å²) in [7, 11) is -5.52. The molecule has 1 aromatic rings. The SMILES string of the molecule is CNS(=O)(=O)c1ccccc1NCC(C)(C)S(C)(=O)=O. The van der Waals surface area contributed by atoms with Crippen molar-refractivity contribution in [2.24, 2.45) is 0 Å². The number of rotatable bonds is 6. The van der Waals surface area contributed by atoms with Crippen molar-refractivity contribution in [2.75, 3.05) is 25.2 Å². The number of sulfonamides is 1. The fraction of sp³-hybridized carbons (Fsp3) is 0.500. The predicted octanol–water partition coefficient (Wildman–Crippen LogP) is 0.830. The molecule has 8 heteroatoms. The molecule has 0 fully saturated rings. The predicted molar refractivity (Wildman–Crippen MR) is 80.1 cm³/mol. The van der Waals surface area contributed by atoms with Crippen LogP contribution in [-0.2, 0) is 19.9 Å². The van der Waals surface area contributed by atoms with Crippen molar-refractivity contribution < 1.29 is 16.8 Å². The summed E-state index contributed by atoms with van der Waals surface area (Å²) in [6.07, 6.45) is 1.16. The van der Waals surface area contributed by atoms with Crippen LogP contribution in [0, 0.1) is 0 Å². The third-order valence-electron chi connectivity index (χ3n) is 3.15. The van der Waals surface area contributed by atoms with E-state index in [0.717, 1.165) is 6.26 Å². The molecular weight excluding hydrogens is 300 g/mol. The number of hydrogen-bond donors (Lipinski definition) is 2. The molecule has 6 nitrogen and oxygen atoms in total. The summed E-state index contributed by atoms with van der Waals surface area (Å²) in [6, 6.07) is 6.35. The van der Waals surface area contributed by atoms with Crippen molar-refractivity contribution in [1.82, 2.24) is 4.72 Å². The molecule has 0 aliphatic rings. The molecule has 0 saturated carbocycles. The molecule has 2 N–H and O–H groups in total. The number of benzene rings is 1. The van der Waals surface area contributed by atoms with E-state index in [2.05, 4.69) is 10.0 Å². The molecule has 0 saturated heterocycles. The van der Waals surface area contributed by atoms with Gasteiger partial charge in [-0.05, 0) is 33.0 Å². The summed E-state index contributed by atoms with van der Waals surface area (Å²) in [5.74, 6) is 0. The van der Waals surface area contributed by atoms with Gasteiger partial charge < -0.3 is 5.32 Å². The zero-order valence-electron chi connectivity index (χ0n) is 12.0. The zero-order valence-corrected chi connectivity index (χ0v) is 13.6. The van der Waals surface area contributed by atoms with Gasteiger partial charge >= 0.3 is 0 Å². The zero-order chi connectivity index (χ0) is 15.6. The van der Waals surface area contributed by atoms with Crippen LogP contribution in [0.4, 0.5) is 5.69 Å². The second-order valence-electron chi connectivity index (χ2n) is 5.09. The third-order valence-corrected chi connectivity index (χ3v) is 6.78. The van der Waals surface area contributed by atoms with E-state index in [0.29, 0.717) is 5.69 Å². The third kappa shape index (κ3) is 3.71. The molecule has 0 aromatic heterocycles. The Hall–Kier alpha value is -1.12. The Bertz CT molecular complexity index is 679. The summed E-state index contributed by atoms with van der Waals surface area (Å²) >= 11 is 0. The highest BCUT2D eigenvalue weighted by Gasteiger charge is 2.30. The fourth-order valence-corrected chi connectivity index (χ4v) is 2.64. The van der Waals surface area contributed by atoms with Gasteiger partial charge in [0.25, 0.3) is 0 Å². The standard InChI is InChI=1S/C12H20N2O4S2/c1-12(2,19(4,15)16)9-14-10-7-5-6-8-11(10)20(17,18)13-3/h5-8,13-14H,9H2,1-4H3. The Labute approximate surface area is 120 Å². The highest BCUT2D eigenvalue weighted by Crippen LogP contribution is 2.22. The lowest BCUT2D eigenvalue weighted by molar-refractivity contribution is 0.559. The smallest absolute Gasteiger partial charge is 0.242 e. The lowest BCUT2D eigenvalue weighted by atomic mass is 10.2. The Morgan fingerprint density at radius 2 is 1.65 bits per heavy atom. The first-order valence-electron chi connectivity index (χ1n) is 5.97. The molecule has 1 rings (SSSR count). The van der Waals surface area contributed by atoms with E-state index in [-0.39, 0.29) is 11.4 Å². The van der Waals surface area contributed by atoms with Crippen molar-refractivity contribution in [1.29, 1.82) is 0 Å². The van der Waals surface area contributed by atoms with Gasteiger partial charge in [-0.2, -0.15) is 0 Å². The number of nitrogens with one attached hydrogen (secondary N) is 2.